The predicted molar refractivity (Wildman–Crippen MR) is 84.3 cm³/mol. The highest BCUT2D eigenvalue weighted by atomic mass is 32.2. The zero-order chi connectivity index (χ0) is 17.0. The third kappa shape index (κ3) is 3.92. The number of benzene rings is 2. The zero-order valence-electron chi connectivity index (χ0n) is 12.3. The molecule has 0 amide bonds. The van der Waals surface area contributed by atoms with Gasteiger partial charge in [-0.25, -0.2) is 13.1 Å². The van der Waals surface area contributed by atoms with E-state index < -0.39 is 37.7 Å². The number of aliphatic hydroxyl groups excluding tert-OH is 1. The second kappa shape index (κ2) is 6.86. The average molecular weight is 336 g/mol. The van der Waals surface area contributed by atoms with Crippen LogP contribution in [-0.2, 0) is 10.0 Å². The van der Waals surface area contributed by atoms with Crippen molar-refractivity contribution in [2.45, 2.75) is 24.0 Å². The monoisotopic (exact) mass is 336 g/mol. The van der Waals surface area contributed by atoms with E-state index in [0.717, 1.165) is 12.1 Å². The van der Waals surface area contributed by atoms with Gasteiger partial charge in [-0.3, -0.25) is 10.1 Å². The molecule has 0 spiro atoms. The summed E-state index contributed by atoms with van der Waals surface area (Å²) in [6.07, 6.45) is -1.08. The van der Waals surface area contributed by atoms with E-state index in [4.69, 9.17) is 0 Å². The Balaban J connectivity index is 2.27. The fourth-order valence-electron chi connectivity index (χ4n) is 2.15. The summed E-state index contributed by atoms with van der Waals surface area (Å²) in [6.45, 7) is 1.49. The molecule has 0 aromatic heterocycles. The summed E-state index contributed by atoms with van der Waals surface area (Å²) in [5.74, 6) is 0. The van der Waals surface area contributed by atoms with Gasteiger partial charge < -0.3 is 5.11 Å². The van der Waals surface area contributed by atoms with E-state index in [1.807, 2.05) is 0 Å². The van der Waals surface area contributed by atoms with Gasteiger partial charge in [0.2, 0.25) is 10.0 Å². The van der Waals surface area contributed by atoms with E-state index in [1.54, 1.807) is 30.3 Å². The number of nitrogens with one attached hydrogen (secondary N) is 1. The molecule has 23 heavy (non-hydrogen) atoms. The summed E-state index contributed by atoms with van der Waals surface area (Å²) >= 11 is 0. The number of nitrogens with zero attached hydrogens (tertiary/aromatic N) is 1. The SMILES string of the molecule is C[C@H](NS(=O)(=O)c1ccccc1[N+](=O)[O-])[C@H](O)c1ccccc1. The number of hydrogen-bond donors (Lipinski definition) is 2. The standard InChI is InChI=1S/C15H16N2O5S/c1-11(15(18)12-7-3-2-4-8-12)16-23(21,22)14-10-6-5-9-13(14)17(19)20/h2-11,15-16,18H,1H3/t11-,15-/m0/s1. The van der Waals surface area contributed by atoms with Crippen LogP contribution in [0.4, 0.5) is 5.69 Å². The number of nitro groups is 1. The van der Waals surface area contributed by atoms with Gasteiger partial charge in [-0.1, -0.05) is 42.5 Å². The average Bonchev–Trinajstić information content (AvgIpc) is 2.54. The van der Waals surface area contributed by atoms with Crippen molar-refractivity contribution in [3.05, 3.63) is 70.3 Å². The molecule has 8 heteroatoms. The van der Waals surface area contributed by atoms with Gasteiger partial charge in [0.25, 0.3) is 5.69 Å². The predicted octanol–water partition coefficient (Wildman–Crippen LogP) is 2.00. The van der Waals surface area contributed by atoms with Crippen molar-refractivity contribution in [1.82, 2.24) is 4.72 Å². The Morgan fingerprint density at radius 2 is 1.65 bits per heavy atom. The van der Waals surface area contributed by atoms with Crippen molar-refractivity contribution in [3.8, 4) is 0 Å². The summed E-state index contributed by atoms with van der Waals surface area (Å²) in [5.41, 5.74) is 0.0339. The topological polar surface area (TPSA) is 110 Å². The molecule has 0 aliphatic rings. The molecular formula is C15H16N2O5S. The summed E-state index contributed by atoms with van der Waals surface area (Å²) < 4.78 is 27.0. The van der Waals surface area contributed by atoms with E-state index in [0.29, 0.717) is 5.56 Å². The fraction of sp³-hybridized carbons (Fsp3) is 0.200. The number of sulfonamides is 1. The second-order valence-corrected chi connectivity index (χ2v) is 6.67. The third-order valence-corrected chi connectivity index (χ3v) is 4.91. The van der Waals surface area contributed by atoms with Crippen LogP contribution in [0.15, 0.2) is 59.5 Å². The number of aliphatic hydroxyl groups is 1. The van der Waals surface area contributed by atoms with E-state index in [1.165, 1.54) is 19.1 Å². The summed E-state index contributed by atoms with van der Waals surface area (Å²) in [4.78, 5) is 9.78. The van der Waals surface area contributed by atoms with E-state index in [9.17, 15) is 23.6 Å². The first-order valence-corrected chi connectivity index (χ1v) is 8.30. The molecule has 0 unspecified atom stereocenters. The van der Waals surface area contributed by atoms with Gasteiger partial charge in [-0.05, 0) is 18.6 Å². The van der Waals surface area contributed by atoms with Gasteiger partial charge in [0.1, 0.15) is 0 Å². The van der Waals surface area contributed by atoms with Crippen LogP contribution in [0, 0.1) is 10.1 Å². The van der Waals surface area contributed by atoms with Crippen LogP contribution in [0.1, 0.15) is 18.6 Å². The lowest BCUT2D eigenvalue weighted by molar-refractivity contribution is -0.387. The van der Waals surface area contributed by atoms with Gasteiger partial charge in [0.15, 0.2) is 4.90 Å². The quantitative estimate of drug-likeness (QED) is 0.619. The molecule has 0 bridgehead atoms. The maximum atomic E-state index is 12.4. The number of hydrogen-bond acceptors (Lipinski definition) is 5. The highest BCUT2D eigenvalue weighted by Gasteiger charge is 2.28. The molecular weight excluding hydrogens is 320 g/mol. The third-order valence-electron chi connectivity index (χ3n) is 3.31. The van der Waals surface area contributed by atoms with Crippen LogP contribution in [0.25, 0.3) is 0 Å². The van der Waals surface area contributed by atoms with Crippen molar-refractivity contribution in [1.29, 1.82) is 0 Å². The smallest absolute Gasteiger partial charge is 0.289 e. The van der Waals surface area contributed by atoms with Crippen LogP contribution < -0.4 is 4.72 Å². The van der Waals surface area contributed by atoms with Crippen molar-refractivity contribution >= 4 is 15.7 Å². The van der Waals surface area contributed by atoms with Gasteiger partial charge in [-0.2, -0.15) is 0 Å². The van der Waals surface area contributed by atoms with Crippen molar-refractivity contribution in [3.63, 3.8) is 0 Å². The highest BCUT2D eigenvalue weighted by molar-refractivity contribution is 7.89. The van der Waals surface area contributed by atoms with Crippen molar-refractivity contribution < 1.29 is 18.4 Å². The minimum atomic E-state index is -4.14. The minimum absolute atomic E-state index is 0.433. The van der Waals surface area contributed by atoms with Gasteiger partial charge >= 0.3 is 0 Å². The van der Waals surface area contributed by atoms with Crippen LogP contribution in [-0.4, -0.2) is 24.5 Å². The summed E-state index contributed by atoms with van der Waals surface area (Å²) in [7, 11) is -4.14. The van der Waals surface area contributed by atoms with Crippen LogP contribution in [0.2, 0.25) is 0 Å². The van der Waals surface area contributed by atoms with E-state index >= 15 is 0 Å². The summed E-state index contributed by atoms with van der Waals surface area (Å²) in [6, 6.07) is 12.8. The van der Waals surface area contributed by atoms with Crippen molar-refractivity contribution in [2.75, 3.05) is 0 Å². The van der Waals surface area contributed by atoms with E-state index in [2.05, 4.69) is 4.72 Å². The lowest BCUT2D eigenvalue weighted by atomic mass is 10.0. The number of rotatable bonds is 6. The normalized spacial score (nSPS) is 14.2. The van der Waals surface area contributed by atoms with Crippen LogP contribution >= 0.6 is 0 Å². The Morgan fingerprint density at radius 1 is 1.09 bits per heavy atom. The molecule has 0 saturated carbocycles. The molecule has 0 aliphatic carbocycles. The molecule has 7 nitrogen and oxygen atoms in total. The Bertz CT molecular complexity index is 793. The lowest BCUT2D eigenvalue weighted by Gasteiger charge is -2.20. The number of nitro benzene ring substituents is 1. The molecule has 0 aliphatic heterocycles. The lowest BCUT2D eigenvalue weighted by Crippen LogP contribution is -2.37. The Labute approximate surface area is 133 Å². The molecule has 2 aromatic rings. The first-order chi connectivity index (χ1) is 10.8. The zero-order valence-corrected chi connectivity index (χ0v) is 13.1. The molecule has 122 valence electrons. The first-order valence-electron chi connectivity index (χ1n) is 6.81. The van der Waals surface area contributed by atoms with E-state index in [-0.39, 0.29) is 0 Å². The second-order valence-electron chi connectivity index (χ2n) is 4.99. The van der Waals surface area contributed by atoms with Crippen LogP contribution in [0.5, 0.6) is 0 Å². The Kier molecular flexibility index (Phi) is 5.09. The molecule has 0 fully saturated rings. The maximum absolute atomic E-state index is 12.4. The van der Waals surface area contributed by atoms with Crippen LogP contribution in [0.3, 0.4) is 0 Å². The molecule has 0 radical (unpaired) electrons. The summed E-state index contributed by atoms with van der Waals surface area (Å²) in [5, 5.41) is 21.2. The first kappa shape index (κ1) is 17.1. The van der Waals surface area contributed by atoms with Gasteiger partial charge in [0, 0.05) is 12.1 Å². The largest absolute Gasteiger partial charge is 0.387 e. The molecule has 2 N–H and O–H groups in total. The Hall–Kier alpha value is -2.29. The molecule has 0 heterocycles. The highest BCUT2D eigenvalue weighted by Crippen LogP contribution is 2.24. The molecule has 2 atom stereocenters. The Morgan fingerprint density at radius 3 is 2.26 bits per heavy atom. The molecule has 2 rings (SSSR count). The molecule has 0 saturated heterocycles. The number of para-hydroxylation sites is 1. The van der Waals surface area contributed by atoms with Gasteiger partial charge in [0.05, 0.1) is 11.0 Å². The molecule has 2 aromatic carbocycles. The minimum Gasteiger partial charge on any atom is -0.387 e. The van der Waals surface area contributed by atoms with Gasteiger partial charge in [-0.15, -0.1) is 0 Å². The fourth-order valence-corrected chi connectivity index (χ4v) is 3.57. The van der Waals surface area contributed by atoms with Crippen molar-refractivity contribution in [2.24, 2.45) is 0 Å². The maximum Gasteiger partial charge on any atom is 0.289 e.